The molecule has 1 aromatic carbocycles. The van der Waals surface area contributed by atoms with Crippen molar-refractivity contribution in [2.45, 2.75) is 6.42 Å². The van der Waals surface area contributed by atoms with Gasteiger partial charge in [-0.15, -0.1) is 0 Å². The van der Waals surface area contributed by atoms with Crippen LogP contribution in [0, 0.1) is 5.82 Å². The van der Waals surface area contributed by atoms with Crippen LogP contribution >= 0.6 is 11.6 Å². The van der Waals surface area contributed by atoms with Gasteiger partial charge in [-0.05, 0) is 25.1 Å². The summed E-state index contributed by atoms with van der Waals surface area (Å²) in [6.07, 6.45) is 1.03. The van der Waals surface area contributed by atoms with E-state index < -0.39 is 0 Å². The first kappa shape index (κ1) is 10.7. The molecule has 2 rings (SSSR count). The summed E-state index contributed by atoms with van der Waals surface area (Å²) in [6, 6.07) is 5.15. The number of benzene rings is 1. The first-order valence-corrected chi connectivity index (χ1v) is 5.56. The predicted molar refractivity (Wildman–Crippen MR) is 61.1 cm³/mol. The molecule has 2 nitrogen and oxygen atoms in total. The van der Waals surface area contributed by atoms with E-state index in [0.29, 0.717) is 5.69 Å². The first-order valence-electron chi connectivity index (χ1n) is 5.19. The summed E-state index contributed by atoms with van der Waals surface area (Å²) in [5.41, 5.74) is 0.617. The zero-order valence-corrected chi connectivity index (χ0v) is 9.23. The lowest BCUT2D eigenvalue weighted by Gasteiger charge is -2.22. The molecular weight excluding hydrogens is 215 g/mol. The Bertz CT molecular complexity index is 335. The Morgan fingerprint density at radius 2 is 2.13 bits per heavy atom. The molecule has 1 N–H and O–H groups in total. The van der Waals surface area contributed by atoms with Crippen molar-refractivity contribution < 1.29 is 4.39 Å². The van der Waals surface area contributed by atoms with Gasteiger partial charge in [0.1, 0.15) is 0 Å². The van der Waals surface area contributed by atoms with Crippen LogP contribution in [-0.2, 0) is 0 Å². The third kappa shape index (κ3) is 2.41. The Labute approximate surface area is 94.0 Å². The van der Waals surface area contributed by atoms with Gasteiger partial charge in [0.05, 0.1) is 10.7 Å². The summed E-state index contributed by atoms with van der Waals surface area (Å²) >= 11 is 5.76. The second-order valence-corrected chi connectivity index (χ2v) is 4.07. The zero-order chi connectivity index (χ0) is 10.7. The normalized spacial score (nSPS) is 17.6. The lowest BCUT2D eigenvalue weighted by Crippen LogP contribution is -2.28. The van der Waals surface area contributed by atoms with Crippen LogP contribution in [-0.4, -0.2) is 26.2 Å². The molecule has 0 spiro atoms. The standard InChI is InChI=1S/C11H14ClFN2/c12-9-3-1-4-10(11(9)13)15-7-2-5-14-6-8-15/h1,3-4,14H,2,5-8H2. The molecule has 0 radical (unpaired) electrons. The molecule has 0 aliphatic carbocycles. The number of anilines is 1. The van der Waals surface area contributed by atoms with Gasteiger partial charge < -0.3 is 10.2 Å². The van der Waals surface area contributed by atoms with Gasteiger partial charge in [-0.3, -0.25) is 0 Å². The van der Waals surface area contributed by atoms with Crippen LogP contribution in [0.15, 0.2) is 18.2 Å². The molecule has 1 aromatic rings. The molecule has 0 amide bonds. The van der Waals surface area contributed by atoms with Gasteiger partial charge >= 0.3 is 0 Å². The third-order valence-electron chi connectivity index (χ3n) is 2.61. The highest BCUT2D eigenvalue weighted by Crippen LogP contribution is 2.25. The summed E-state index contributed by atoms with van der Waals surface area (Å²) in [4.78, 5) is 2.04. The van der Waals surface area contributed by atoms with Crippen molar-refractivity contribution in [3.8, 4) is 0 Å². The first-order chi connectivity index (χ1) is 7.29. The average molecular weight is 229 g/mol. The number of nitrogens with one attached hydrogen (secondary N) is 1. The van der Waals surface area contributed by atoms with E-state index in [4.69, 9.17) is 11.6 Å². The summed E-state index contributed by atoms with van der Waals surface area (Å²) in [5, 5.41) is 3.48. The molecule has 1 fully saturated rings. The summed E-state index contributed by atoms with van der Waals surface area (Å²) < 4.78 is 13.7. The minimum absolute atomic E-state index is 0.199. The Kier molecular flexibility index (Phi) is 3.44. The van der Waals surface area contributed by atoms with E-state index in [1.54, 1.807) is 18.2 Å². The number of hydrogen-bond donors (Lipinski definition) is 1. The Hall–Kier alpha value is -0.800. The minimum atomic E-state index is -0.305. The molecule has 0 aromatic heterocycles. The quantitative estimate of drug-likeness (QED) is 0.794. The summed E-state index contributed by atoms with van der Waals surface area (Å²) in [5.74, 6) is -0.305. The third-order valence-corrected chi connectivity index (χ3v) is 2.90. The van der Waals surface area contributed by atoms with Crippen molar-refractivity contribution in [1.82, 2.24) is 5.32 Å². The van der Waals surface area contributed by atoms with Crippen molar-refractivity contribution >= 4 is 17.3 Å². The molecule has 1 aliphatic heterocycles. The van der Waals surface area contributed by atoms with Crippen LogP contribution in [0.2, 0.25) is 5.02 Å². The van der Waals surface area contributed by atoms with Gasteiger partial charge in [0.25, 0.3) is 0 Å². The Morgan fingerprint density at radius 3 is 3.00 bits per heavy atom. The highest BCUT2D eigenvalue weighted by Gasteiger charge is 2.14. The van der Waals surface area contributed by atoms with Crippen LogP contribution in [0.5, 0.6) is 0 Å². The second-order valence-electron chi connectivity index (χ2n) is 3.66. The van der Waals surface area contributed by atoms with Crippen molar-refractivity contribution in [1.29, 1.82) is 0 Å². The number of nitrogens with zero attached hydrogens (tertiary/aromatic N) is 1. The molecule has 82 valence electrons. The van der Waals surface area contributed by atoms with Crippen LogP contribution in [0.25, 0.3) is 0 Å². The molecular formula is C11H14ClFN2. The van der Waals surface area contributed by atoms with Gasteiger partial charge in [0.2, 0.25) is 0 Å². The SMILES string of the molecule is Fc1c(Cl)cccc1N1CCCNCC1. The molecule has 4 heteroatoms. The molecule has 0 atom stereocenters. The van der Waals surface area contributed by atoms with Crippen molar-refractivity contribution in [2.24, 2.45) is 0 Å². The lowest BCUT2D eigenvalue weighted by atomic mass is 10.2. The van der Waals surface area contributed by atoms with Crippen molar-refractivity contribution in [3.63, 3.8) is 0 Å². The van der Waals surface area contributed by atoms with E-state index in [1.165, 1.54) is 0 Å². The van der Waals surface area contributed by atoms with E-state index in [1.807, 2.05) is 4.90 Å². The number of halogens is 2. The fourth-order valence-corrected chi connectivity index (χ4v) is 1.99. The van der Waals surface area contributed by atoms with Gasteiger partial charge in [-0.1, -0.05) is 17.7 Å². The number of rotatable bonds is 1. The van der Waals surface area contributed by atoms with Crippen LogP contribution in [0.4, 0.5) is 10.1 Å². The molecule has 1 saturated heterocycles. The predicted octanol–water partition coefficient (Wildman–Crippen LogP) is 2.28. The van der Waals surface area contributed by atoms with Crippen LogP contribution in [0.3, 0.4) is 0 Å². The maximum absolute atomic E-state index is 13.7. The largest absolute Gasteiger partial charge is 0.368 e. The molecule has 15 heavy (non-hydrogen) atoms. The Balaban J connectivity index is 2.23. The molecule has 1 heterocycles. The fourth-order valence-electron chi connectivity index (χ4n) is 1.82. The van der Waals surface area contributed by atoms with E-state index in [2.05, 4.69) is 5.32 Å². The van der Waals surface area contributed by atoms with Crippen LogP contribution < -0.4 is 10.2 Å². The maximum atomic E-state index is 13.7. The van der Waals surface area contributed by atoms with E-state index in [-0.39, 0.29) is 10.8 Å². The van der Waals surface area contributed by atoms with E-state index >= 15 is 0 Å². The second kappa shape index (κ2) is 4.81. The molecule has 1 aliphatic rings. The smallest absolute Gasteiger partial charge is 0.165 e. The van der Waals surface area contributed by atoms with Gasteiger partial charge in [-0.2, -0.15) is 0 Å². The van der Waals surface area contributed by atoms with Gasteiger partial charge in [0.15, 0.2) is 5.82 Å². The Morgan fingerprint density at radius 1 is 1.27 bits per heavy atom. The highest BCUT2D eigenvalue weighted by atomic mass is 35.5. The average Bonchev–Trinajstić information content (AvgIpc) is 2.50. The number of hydrogen-bond acceptors (Lipinski definition) is 2. The van der Waals surface area contributed by atoms with Gasteiger partial charge in [-0.25, -0.2) is 4.39 Å². The lowest BCUT2D eigenvalue weighted by molar-refractivity contribution is 0.618. The zero-order valence-electron chi connectivity index (χ0n) is 8.47. The topological polar surface area (TPSA) is 15.3 Å². The van der Waals surface area contributed by atoms with Crippen molar-refractivity contribution in [2.75, 3.05) is 31.1 Å². The van der Waals surface area contributed by atoms with Crippen LogP contribution in [0.1, 0.15) is 6.42 Å². The fraction of sp³-hybridized carbons (Fsp3) is 0.455. The molecule has 0 saturated carbocycles. The minimum Gasteiger partial charge on any atom is -0.368 e. The van der Waals surface area contributed by atoms with E-state index in [9.17, 15) is 4.39 Å². The van der Waals surface area contributed by atoms with Crippen molar-refractivity contribution in [3.05, 3.63) is 29.0 Å². The molecule has 0 bridgehead atoms. The monoisotopic (exact) mass is 228 g/mol. The van der Waals surface area contributed by atoms with E-state index in [0.717, 1.165) is 32.6 Å². The highest BCUT2D eigenvalue weighted by molar-refractivity contribution is 6.31. The maximum Gasteiger partial charge on any atom is 0.165 e. The summed E-state index contributed by atoms with van der Waals surface area (Å²) in [7, 11) is 0. The summed E-state index contributed by atoms with van der Waals surface area (Å²) in [6.45, 7) is 3.60. The van der Waals surface area contributed by atoms with Gasteiger partial charge in [0, 0.05) is 19.6 Å². The molecule has 0 unspecified atom stereocenters.